The number of ketones is 2. The van der Waals surface area contributed by atoms with Crippen LogP contribution in [0.1, 0.15) is 70.4 Å². The zero-order chi connectivity index (χ0) is 28.2. The third-order valence-electron chi connectivity index (χ3n) is 7.97. The number of carbonyl (C=O) groups is 2. The van der Waals surface area contributed by atoms with Crippen LogP contribution in [0.5, 0.6) is 0 Å². The smallest absolute Gasteiger partial charge is 0.194 e. The molecule has 1 fully saturated rings. The minimum Gasteiger partial charge on any atom is -0.289 e. The van der Waals surface area contributed by atoms with Crippen molar-refractivity contribution in [3.05, 3.63) is 105 Å². The van der Waals surface area contributed by atoms with Crippen LogP contribution >= 0.6 is 0 Å². The van der Waals surface area contributed by atoms with Gasteiger partial charge in [0.05, 0.1) is 0 Å². The summed E-state index contributed by atoms with van der Waals surface area (Å²) in [5.41, 5.74) is 3.77. The Bertz CT molecular complexity index is 1580. The van der Waals surface area contributed by atoms with Crippen LogP contribution in [0.25, 0.3) is 11.1 Å². The van der Waals surface area contributed by atoms with Crippen LogP contribution in [0.3, 0.4) is 0 Å². The molecule has 0 saturated heterocycles. The Morgan fingerprint density at radius 2 is 0.925 bits per heavy atom. The van der Waals surface area contributed by atoms with Crippen LogP contribution in [0.2, 0.25) is 0 Å². The molecular weight excluding hydrogens is 496 g/mol. The Morgan fingerprint density at radius 1 is 0.575 bits per heavy atom. The number of rotatable bonds is 2. The van der Waals surface area contributed by atoms with E-state index in [-0.39, 0.29) is 34.5 Å². The predicted molar refractivity (Wildman–Crippen MR) is 149 cm³/mol. The molecular formula is C34H24N4O2. The lowest BCUT2D eigenvalue weighted by atomic mass is 9.82. The summed E-state index contributed by atoms with van der Waals surface area (Å²) in [6.07, 6.45) is 8.99. The molecule has 0 aliphatic heterocycles. The highest BCUT2D eigenvalue weighted by atomic mass is 16.1. The number of allylic oxidation sites excluding steroid dienone is 8. The Labute approximate surface area is 233 Å². The number of benzene rings is 2. The van der Waals surface area contributed by atoms with Crippen LogP contribution in [-0.2, 0) is 0 Å². The van der Waals surface area contributed by atoms with Gasteiger partial charge in [-0.3, -0.25) is 9.59 Å². The van der Waals surface area contributed by atoms with Crippen LogP contribution in [-0.4, -0.2) is 11.6 Å². The van der Waals surface area contributed by atoms with E-state index in [4.69, 9.17) is 0 Å². The molecule has 40 heavy (non-hydrogen) atoms. The van der Waals surface area contributed by atoms with E-state index in [9.17, 15) is 30.6 Å². The molecule has 2 atom stereocenters. The van der Waals surface area contributed by atoms with Gasteiger partial charge in [0, 0.05) is 33.4 Å². The molecule has 2 aromatic rings. The maximum absolute atomic E-state index is 13.3. The maximum Gasteiger partial charge on any atom is 0.194 e. The lowest BCUT2D eigenvalue weighted by Crippen LogP contribution is -2.10. The zero-order valence-electron chi connectivity index (χ0n) is 21.8. The molecule has 3 aliphatic carbocycles. The van der Waals surface area contributed by atoms with Crippen molar-refractivity contribution in [3.8, 4) is 24.3 Å². The topological polar surface area (TPSA) is 129 Å². The number of hydrogen-bond acceptors (Lipinski definition) is 6. The van der Waals surface area contributed by atoms with Gasteiger partial charge >= 0.3 is 0 Å². The highest BCUT2D eigenvalue weighted by Crippen LogP contribution is 2.42. The summed E-state index contributed by atoms with van der Waals surface area (Å²) in [7, 11) is 0. The molecule has 0 amide bonds. The molecule has 0 heterocycles. The van der Waals surface area contributed by atoms with Crippen molar-refractivity contribution < 1.29 is 9.59 Å². The molecule has 1 saturated carbocycles. The predicted octanol–water partition coefficient (Wildman–Crippen LogP) is 6.82. The monoisotopic (exact) mass is 520 g/mol. The first-order valence-electron chi connectivity index (χ1n) is 13.3. The van der Waals surface area contributed by atoms with Gasteiger partial charge < -0.3 is 0 Å². The van der Waals surface area contributed by atoms with Gasteiger partial charge in [-0.2, -0.15) is 21.0 Å². The molecule has 2 aromatic carbocycles. The standard InChI is InChI=1S/C34H24N4O2/c35-17-23(18-36)31-25-9-3-5-11-27(25)33(39)29(31)15-21-7-1-2-8-22(14-13-21)16-30-32(24(19-37)20-38)26-10-4-6-12-28(26)34(30)40/h3-6,9-12,15-16,21-22H,1-2,7-8,13-14H2/b29-15-,30-16?. The second kappa shape index (κ2) is 11.2. The number of nitriles is 4. The summed E-state index contributed by atoms with van der Waals surface area (Å²) in [5.74, 6) is -0.218. The average Bonchev–Trinajstić information content (AvgIpc) is 3.40. The second-order valence-corrected chi connectivity index (χ2v) is 10.2. The summed E-state index contributed by atoms with van der Waals surface area (Å²) in [4.78, 5) is 26.7. The molecule has 0 spiro atoms. The molecule has 0 radical (unpaired) electrons. The number of Topliss-reactive ketones (excluding diaryl/α,β-unsaturated/α-hetero) is 2. The van der Waals surface area contributed by atoms with Crippen molar-refractivity contribution in [2.24, 2.45) is 11.8 Å². The Morgan fingerprint density at radius 3 is 1.27 bits per heavy atom. The van der Waals surface area contributed by atoms with Crippen molar-refractivity contribution in [2.75, 3.05) is 0 Å². The highest BCUT2D eigenvalue weighted by Gasteiger charge is 2.34. The Balaban J connectivity index is 1.47. The number of hydrogen-bond donors (Lipinski definition) is 0. The quantitative estimate of drug-likeness (QED) is 0.315. The minimum atomic E-state index is -0.168. The zero-order valence-corrected chi connectivity index (χ0v) is 21.8. The lowest BCUT2D eigenvalue weighted by molar-refractivity contribution is 0.103. The average molecular weight is 521 g/mol. The first-order valence-corrected chi connectivity index (χ1v) is 13.3. The van der Waals surface area contributed by atoms with Crippen LogP contribution in [0, 0.1) is 57.2 Å². The van der Waals surface area contributed by atoms with E-state index in [2.05, 4.69) is 0 Å². The van der Waals surface area contributed by atoms with Crippen LogP contribution < -0.4 is 0 Å². The fraction of sp³-hybridized carbons (Fsp3) is 0.235. The van der Waals surface area contributed by atoms with Gasteiger partial charge in [-0.25, -0.2) is 0 Å². The molecule has 0 aromatic heterocycles. The third kappa shape index (κ3) is 4.58. The van der Waals surface area contributed by atoms with Gasteiger partial charge in [-0.05, 0) is 48.6 Å². The van der Waals surface area contributed by atoms with E-state index >= 15 is 0 Å². The fourth-order valence-corrected chi connectivity index (χ4v) is 6.07. The Kier molecular flexibility index (Phi) is 7.37. The second-order valence-electron chi connectivity index (χ2n) is 10.2. The normalized spacial score (nSPS) is 21.9. The van der Waals surface area contributed by atoms with Crippen LogP contribution in [0.4, 0.5) is 0 Å². The summed E-state index contributed by atoms with van der Waals surface area (Å²) in [5, 5.41) is 38.4. The van der Waals surface area contributed by atoms with Gasteiger partial charge in [0.25, 0.3) is 0 Å². The van der Waals surface area contributed by atoms with Gasteiger partial charge in [-0.1, -0.05) is 73.5 Å². The summed E-state index contributed by atoms with van der Waals surface area (Å²) >= 11 is 0. The maximum atomic E-state index is 13.3. The van der Waals surface area contributed by atoms with E-state index in [0.29, 0.717) is 44.5 Å². The van der Waals surface area contributed by atoms with E-state index in [0.717, 1.165) is 38.5 Å². The number of carbonyl (C=O) groups excluding carboxylic acids is 2. The molecule has 0 N–H and O–H groups in total. The highest BCUT2D eigenvalue weighted by molar-refractivity contribution is 6.28. The van der Waals surface area contributed by atoms with Gasteiger partial charge in [0.1, 0.15) is 35.4 Å². The van der Waals surface area contributed by atoms with Crippen molar-refractivity contribution in [3.63, 3.8) is 0 Å². The number of fused-ring (bicyclic) bond motifs is 2. The Hall–Kier alpha value is -5.30. The summed E-state index contributed by atoms with van der Waals surface area (Å²) in [6, 6.07) is 22.0. The van der Waals surface area contributed by atoms with Crippen molar-refractivity contribution in [1.29, 1.82) is 21.0 Å². The molecule has 3 aliphatic rings. The largest absolute Gasteiger partial charge is 0.289 e. The van der Waals surface area contributed by atoms with Gasteiger partial charge in [-0.15, -0.1) is 0 Å². The fourth-order valence-electron chi connectivity index (χ4n) is 6.07. The van der Waals surface area contributed by atoms with E-state index < -0.39 is 0 Å². The van der Waals surface area contributed by atoms with E-state index in [1.54, 1.807) is 48.5 Å². The van der Waals surface area contributed by atoms with Crippen LogP contribution in [0.15, 0.2) is 83.0 Å². The SMILES string of the molecule is N#CC(C#N)=C1C(=CC2CCCCC(/C=C3\C(=O)c4ccccc4C3=C(C#N)C#N)CC2)C(=O)c2ccccc21. The van der Waals surface area contributed by atoms with E-state index in [1.165, 1.54) is 0 Å². The minimum absolute atomic E-state index is 0.0587. The molecule has 6 heteroatoms. The van der Waals surface area contributed by atoms with Gasteiger partial charge in [0.15, 0.2) is 11.6 Å². The molecule has 5 rings (SSSR count). The summed E-state index contributed by atoms with van der Waals surface area (Å²) in [6.45, 7) is 0. The molecule has 192 valence electrons. The van der Waals surface area contributed by atoms with Crippen molar-refractivity contribution >= 4 is 22.7 Å². The summed E-state index contributed by atoms with van der Waals surface area (Å²) < 4.78 is 0. The third-order valence-corrected chi connectivity index (χ3v) is 7.97. The first-order chi connectivity index (χ1) is 19.5. The first kappa shape index (κ1) is 26.3. The lowest BCUT2D eigenvalue weighted by Gasteiger charge is -2.22. The van der Waals surface area contributed by atoms with Crippen molar-refractivity contribution in [2.45, 2.75) is 38.5 Å². The van der Waals surface area contributed by atoms with E-state index in [1.807, 2.05) is 36.4 Å². The van der Waals surface area contributed by atoms with Gasteiger partial charge in [0.2, 0.25) is 0 Å². The molecule has 0 bridgehead atoms. The number of nitrogens with zero attached hydrogens (tertiary/aromatic N) is 4. The van der Waals surface area contributed by atoms with Crippen molar-refractivity contribution in [1.82, 2.24) is 0 Å². The molecule has 2 unspecified atom stereocenters. The molecule has 6 nitrogen and oxygen atoms in total.